The van der Waals surface area contributed by atoms with Crippen LogP contribution in [0.4, 0.5) is 0 Å². The molecule has 0 aliphatic heterocycles. The summed E-state index contributed by atoms with van der Waals surface area (Å²) < 4.78 is 0. The van der Waals surface area contributed by atoms with Crippen LogP contribution in [-0.4, -0.2) is 27.8 Å². The van der Waals surface area contributed by atoms with E-state index in [0.717, 1.165) is 16.6 Å². The zero-order chi connectivity index (χ0) is 30.0. The van der Waals surface area contributed by atoms with Gasteiger partial charge in [0.25, 0.3) is 0 Å². The van der Waals surface area contributed by atoms with Gasteiger partial charge in [0, 0.05) is 43.9 Å². The molecule has 0 bridgehead atoms. The molecule has 233 valence electrons. The summed E-state index contributed by atoms with van der Waals surface area (Å²) in [5.74, 6) is 0. The maximum Gasteiger partial charge on any atom is 0.0502 e. The molecule has 7 rings (SSSR count). The van der Waals surface area contributed by atoms with Crippen LogP contribution in [0.25, 0.3) is 38.1 Å². The predicted molar refractivity (Wildman–Crippen MR) is 182 cm³/mol. The Morgan fingerprint density at radius 2 is 1.61 bits per heavy atom. The average molecular weight is 763 g/mol. The van der Waals surface area contributed by atoms with E-state index in [1.54, 1.807) is 0 Å². The van der Waals surface area contributed by atoms with Crippen molar-refractivity contribution in [3.8, 4) is 11.3 Å². The van der Waals surface area contributed by atoms with E-state index in [9.17, 15) is 0 Å². The molecule has 2 fully saturated rings. The topological polar surface area (TPSA) is 52.2 Å². The Morgan fingerprint density at radius 1 is 0.909 bits per heavy atom. The van der Waals surface area contributed by atoms with Crippen LogP contribution in [-0.2, 0) is 25.5 Å². The third kappa shape index (κ3) is 7.00. The van der Waals surface area contributed by atoms with Gasteiger partial charge in [-0.3, -0.25) is 9.98 Å². The van der Waals surface area contributed by atoms with Crippen molar-refractivity contribution in [2.75, 3.05) is 0 Å². The van der Waals surface area contributed by atoms with Crippen LogP contribution in [0, 0.1) is 13.0 Å². The van der Waals surface area contributed by atoms with Crippen molar-refractivity contribution in [1.82, 2.24) is 9.97 Å². The van der Waals surface area contributed by atoms with Crippen LogP contribution in [0.5, 0.6) is 0 Å². The predicted octanol–water partition coefficient (Wildman–Crippen LogP) is 10.6. The Labute approximate surface area is 277 Å². The number of nitrogens with zero attached hydrogens (tertiary/aromatic N) is 4. The van der Waals surface area contributed by atoms with Crippen LogP contribution >= 0.6 is 0 Å². The minimum Gasteiger partial charge on any atom is -0.685 e. The summed E-state index contributed by atoms with van der Waals surface area (Å²) in [6.07, 6.45) is 21.2. The van der Waals surface area contributed by atoms with Gasteiger partial charge in [0.2, 0.25) is 0 Å². The molecule has 5 heteroatoms. The fourth-order valence-electron chi connectivity index (χ4n) is 7.41. The molecule has 44 heavy (non-hydrogen) atoms. The van der Waals surface area contributed by atoms with Crippen LogP contribution < -0.4 is 0 Å². The monoisotopic (exact) mass is 763 g/mol. The zero-order valence-corrected chi connectivity index (χ0v) is 29.4. The molecular weight excluding hydrogens is 717 g/mol. The van der Waals surface area contributed by atoms with Crippen LogP contribution in [0.15, 0.2) is 65.7 Å². The Hall–Kier alpha value is -2.88. The molecule has 2 aromatic heterocycles. The van der Waals surface area contributed by atoms with Crippen molar-refractivity contribution >= 4 is 27.3 Å². The van der Waals surface area contributed by atoms with Gasteiger partial charge in [-0.2, -0.15) is 5.70 Å². The quantitative estimate of drug-likeness (QED) is 0.154. The second-order valence-corrected chi connectivity index (χ2v) is 13.5. The molecule has 2 heterocycles. The molecule has 0 spiro atoms. The fourth-order valence-corrected chi connectivity index (χ4v) is 7.41. The maximum atomic E-state index is 4.85. The Balaban J connectivity index is 0.000000176. The van der Waals surface area contributed by atoms with E-state index in [-0.39, 0.29) is 25.5 Å². The number of pyridine rings is 2. The number of aliphatic imine (C=N–C) groups is 1. The molecular formula is C39H46IrN4-2. The Kier molecular flexibility index (Phi) is 10.4. The summed E-state index contributed by atoms with van der Waals surface area (Å²) in [6.45, 7) is 11.0. The summed E-state index contributed by atoms with van der Waals surface area (Å²) in [6, 6.07) is 15.8. The number of benzene rings is 2. The molecule has 0 atom stereocenters. The van der Waals surface area contributed by atoms with Gasteiger partial charge in [0.15, 0.2) is 0 Å². The Morgan fingerprint density at radius 3 is 2.36 bits per heavy atom. The number of aryl methyl sites for hydroxylation is 1. The molecule has 4 aromatic rings. The van der Waals surface area contributed by atoms with Crippen molar-refractivity contribution in [3.63, 3.8) is 0 Å². The maximum absolute atomic E-state index is 4.85. The van der Waals surface area contributed by atoms with Crippen LogP contribution in [0.1, 0.15) is 109 Å². The number of fused-ring (bicyclic) bond motifs is 3. The van der Waals surface area contributed by atoms with Gasteiger partial charge in [0.1, 0.15) is 0 Å². The first-order valence-electron chi connectivity index (χ1n) is 16.4. The summed E-state index contributed by atoms with van der Waals surface area (Å²) in [5, 5.41) is 9.59. The molecule has 0 saturated heterocycles. The average Bonchev–Trinajstić information content (AvgIpc) is 3.00. The molecule has 2 saturated carbocycles. The van der Waals surface area contributed by atoms with E-state index < -0.39 is 0 Å². The van der Waals surface area contributed by atoms with Crippen molar-refractivity contribution in [1.29, 1.82) is 0 Å². The second-order valence-electron chi connectivity index (χ2n) is 13.5. The molecule has 4 nitrogen and oxygen atoms in total. The molecule has 0 unspecified atom stereocenters. The number of allylic oxidation sites excluding steroid dienone is 2. The van der Waals surface area contributed by atoms with Crippen molar-refractivity contribution in [2.24, 2.45) is 4.99 Å². The normalized spacial score (nSPS) is 18.7. The molecule has 3 aliphatic rings. The molecule has 2 aromatic carbocycles. The van der Waals surface area contributed by atoms with Gasteiger partial charge < -0.3 is 10.3 Å². The van der Waals surface area contributed by atoms with Crippen molar-refractivity contribution in [2.45, 2.75) is 116 Å². The fraction of sp³-hybridized carbons (Fsp3) is 0.462. The van der Waals surface area contributed by atoms with Crippen LogP contribution in [0.3, 0.4) is 0 Å². The molecule has 3 aliphatic carbocycles. The van der Waals surface area contributed by atoms with Gasteiger partial charge >= 0.3 is 0 Å². The number of hydrogen-bond acceptors (Lipinski definition) is 3. The van der Waals surface area contributed by atoms with E-state index in [2.05, 4.69) is 82.1 Å². The van der Waals surface area contributed by atoms with E-state index in [4.69, 9.17) is 15.3 Å². The zero-order valence-electron chi connectivity index (χ0n) is 27.0. The third-order valence-corrected chi connectivity index (χ3v) is 9.61. The molecule has 0 amide bonds. The second kappa shape index (κ2) is 14.0. The van der Waals surface area contributed by atoms with E-state index in [1.807, 2.05) is 18.6 Å². The SMILES string of the molecule is CC(/C=C(/C)[N-]C1CCCCC1)=NC1CCCCC1.Cc1cc2c3c(nccc3c1)-c1[c-]c3cnccc3cc1C2(C)C.[Ir]. The molecule has 0 N–H and O–H groups in total. The van der Waals surface area contributed by atoms with E-state index in [1.165, 1.54) is 108 Å². The van der Waals surface area contributed by atoms with E-state index >= 15 is 0 Å². The van der Waals surface area contributed by atoms with Crippen molar-refractivity contribution < 1.29 is 20.1 Å². The summed E-state index contributed by atoms with van der Waals surface area (Å²) in [7, 11) is 0. The minimum atomic E-state index is -0.0798. The molecule has 1 radical (unpaired) electrons. The smallest absolute Gasteiger partial charge is 0.0502 e. The summed E-state index contributed by atoms with van der Waals surface area (Å²) >= 11 is 0. The van der Waals surface area contributed by atoms with Crippen molar-refractivity contribution in [3.05, 3.63) is 88.8 Å². The first-order chi connectivity index (χ1) is 20.8. The first kappa shape index (κ1) is 32.5. The van der Waals surface area contributed by atoms with Gasteiger partial charge in [0.05, 0.1) is 6.04 Å². The summed E-state index contributed by atoms with van der Waals surface area (Å²) in [4.78, 5) is 13.8. The van der Waals surface area contributed by atoms with E-state index in [0.29, 0.717) is 12.1 Å². The number of aromatic nitrogens is 2. The third-order valence-electron chi connectivity index (χ3n) is 9.61. The number of hydrogen-bond donors (Lipinski definition) is 0. The van der Waals surface area contributed by atoms with Crippen LogP contribution in [0.2, 0.25) is 0 Å². The van der Waals surface area contributed by atoms with Gasteiger partial charge in [-0.25, -0.2) is 0 Å². The largest absolute Gasteiger partial charge is 0.685 e. The van der Waals surface area contributed by atoms with Gasteiger partial charge in [-0.1, -0.05) is 124 Å². The minimum absolute atomic E-state index is 0. The summed E-state index contributed by atoms with van der Waals surface area (Å²) in [5.41, 5.74) is 8.36. The Bertz CT molecular complexity index is 1670. The van der Waals surface area contributed by atoms with Gasteiger partial charge in [-0.15, -0.1) is 18.2 Å². The number of rotatable bonds is 4. The standard InChI is InChI=1S/C22H17N2.C17H29N2.Ir/c1-13-8-15-5-7-24-21-17-10-16-12-23-6-4-14(16)11-18(17)22(2,3)19(9-13)20(15)21;1-14(18-16-9-5-3-6-10-16)13-15(2)19-17-11-7-4-8-12-17;/h4-9,11-12H,1-3H3;13,16-17H,3-12H2,1-2H3;/q2*-1;/b;14-13-,19-15?;. The van der Waals surface area contributed by atoms with Gasteiger partial charge in [-0.05, 0) is 60.7 Å². The first-order valence-corrected chi connectivity index (χ1v) is 16.4.